The maximum Gasteiger partial charge on any atom is 0.472 e. The number of hydrogen-bond donors (Lipinski definition) is 1. The predicted octanol–water partition coefficient (Wildman–Crippen LogP) is 8.76. The SMILES string of the molecule is CCCCCCCCC/C=C\CCCCCCCCOCC(COP(=O)(O)OCC[N+](C)(C)C)OC(=O)CCCCC. The molecule has 0 aliphatic heterocycles. The number of esters is 1. The van der Waals surface area contributed by atoms with Gasteiger partial charge in [0.15, 0.2) is 0 Å². The summed E-state index contributed by atoms with van der Waals surface area (Å²) in [6, 6.07) is 0. The standard InChI is InChI=1S/C33H66NO7P/c1-6-8-10-11-12-13-14-15-16-17-18-19-20-21-22-23-25-28-38-30-32(41-33(35)26-24-9-7-2)31-40-42(36,37)39-29-27-34(3,4)5/h16-17,32H,6-15,18-31H2,1-5H3/p+1/b17-16-. The van der Waals surface area contributed by atoms with Crippen LogP contribution in [0.4, 0.5) is 0 Å². The van der Waals surface area contributed by atoms with Gasteiger partial charge in [-0.1, -0.05) is 103 Å². The number of phosphoric ester groups is 1. The van der Waals surface area contributed by atoms with Crippen molar-refractivity contribution in [1.82, 2.24) is 0 Å². The lowest BCUT2D eigenvalue weighted by Crippen LogP contribution is -2.37. The Balaban J connectivity index is 4.04. The van der Waals surface area contributed by atoms with E-state index < -0.39 is 13.9 Å². The smallest absolute Gasteiger partial charge is 0.457 e. The Labute approximate surface area is 259 Å². The van der Waals surface area contributed by atoms with Gasteiger partial charge in [-0.3, -0.25) is 13.8 Å². The van der Waals surface area contributed by atoms with Crippen molar-refractivity contribution < 1.29 is 37.3 Å². The number of carbonyl (C=O) groups excluding carboxylic acids is 1. The largest absolute Gasteiger partial charge is 0.472 e. The molecule has 0 aliphatic carbocycles. The summed E-state index contributed by atoms with van der Waals surface area (Å²) in [4.78, 5) is 22.3. The molecule has 2 unspecified atom stereocenters. The van der Waals surface area contributed by atoms with E-state index in [0.29, 0.717) is 24.1 Å². The van der Waals surface area contributed by atoms with Gasteiger partial charge in [0.25, 0.3) is 0 Å². The van der Waals surface area contributed by atoms with Gasteiger partial charge in [-0.05, 0) is 38.5 Å². The highest BCUT2D eigenvalue weighted by Crippen LogP contribution is 2.43. The summed E-state index contributed by atoms with van der Waals surface area (Å²) in [6.07, 6.45) is 26.0. The van der Waals surface area contributed by atoms with Gasteiger partial charge < -0.3 is 18.9 Å². The number of nitrogens with zero attached hydrogens (tertiary/aromatic N) is 1. The van der Waals surface area contributed by atoms with Crippen molar-refractivity contribution in [2.75, 3.05) is 54.1 Å². The monoisotopic (exact) mass is 620 g/mol. The zero-order chi connectivity index (χ0) is 31.4. The molecule has 8 nitrogen and oxygen atoms in total. The first-order valence-corrected chi connectivity index (χ1v) is 18.4. The molecule has 0 aromatic heterocycles. The maximum atomic E-state index is 12.3. The second-order valence-corrected chi connectivity index (χ2v) is 14.0. The van der Waals surface area contributed by atoms with Crippen molar-refractivity contribution in [3.63, 3.8) is 0 Å². The Bertz CT molecular complexity index is 696. The summed E-state index contributed by atoms with van der Waals surface area (Å²) >= 11 is 0. The van der Waals surface area contributed by atoms with E-state index in [4.69, 9.17) is 18.5 Å². The molecule has 250 valence electrons. The molecule has 0 heterocycles. The average molecular weight is 621 g/mol. The fourth-order valence-corrected chi connectivity index (χ4v) is 5.11. The lowest BCUT2D eigenvalue weighted by molar-refractivity contribution is -0.870. The first kappa shape index (κ1) is 41.2. The fraction of sp³-hybridized carbons (Fsp3) is 0.909. The van der Waals surface area contributed by atoms with Crippen LogP contribution in [0.2, 0.25) is 0 Å². The predicted molar refractivity (Wildman–Crippen MR) is 174 cm³/mol. The number of allylic oxidation sites excluding steroid dienone is 2. The Hall–Kier alpha value is -0.760. The molecule has 0 aromatic carbocycles. The highest BCUT2D eigenvalue weighted by atomic mass is 31.2. The van der Waals surface area contributed by atoms with Crippen LogP contribution in [0.1, 0.15) is 136 Å². The van der Waals surface area contributed by atoms with E-state index in [1.165, 1.54) is 83.5 Å². The number of likely N-dealkylation sites (N-methyl/N-ethyl adjacent to an activating group) is 1. The van der Waals surface area contributed by atoms with Crippen molar-refractivity contribution in [3.05, 3.63) is 12.2 Å². The highest BCUT2D eigenvalue weighted by molar-refractivity contribution is 7.47. The van der Waals surface area contributed by atoms with Gasteiger partial charge in [0.2, 0.25) is 0 Å². The molecule has 0 radical (unpaired) electrons. The zero-order valence-corrected chi connectivity index (χ0v) is 28.9. The van der Waals surface area contributed by atoms with Crippen LogP contribution in [0, 0.1) is 0 Å². The number of hydrogen-bond acceptors (Lipinski definition) is 6. The van der Waals surface area contributed by atoms with Crippen molar-refractivity contribution in [2.24, 2.45) is 0 Å². The van der Waals surface area contributed by atoms with Gasteiger partial charge in [-0.15, -0.1) is 0 Å². The van der Waals surface area contributed by atoms with Crippen LogP contribution >= 0.6 is 7.82 Å². The molecule has 0 saturated heterocycles. The number of phosphoric acid groups is 1. The average Bonchev–Trinajstić information content (AvgIpc) is 2.92. The minimum atomic E-state index is -4.24. The topological polar surface area (TPSA) is 91.3 Å². The summed E-state index contributed by atoms with van der Waals surface area (Å²) in [6.45, 7) is 5.43. The normalized spacial score (nSPS) is 14.3. The van der Waals surface area contributed by atoms with Crippen molar-refractivity contribution in [2.45, 2.75) is 142 Å². The highest BCUT2D eigenvalue weighted by Gasteiger charge is 2.26. The number of unbranched alkanes of at least 4 members (excludes halogenated alkanes) is 15. The van der Waals surface area contributed by atoms with Gasteiger partial charge in [0, 0.05) is 13.0 Å². The van der Waals surface area contributed by atoms with Crippen LogP contribution in [0.3, 0.4) is 0 Å². The molecule has 0 aliphatic rings. The first-order valence-electron chi connectivity index (χ1n) is 16.9. The maximum absolute atomic E-state index is 12.3. The fourth-order valence-electron chi connectivity index (χ4n) is 4.37. The van der Waals surface area contributed by atoms with Gasteiger partial charge in [0.05, 0.1) is 34.4 Å². The summed E-state index contributed by atoms with van der Waals surface area (Å²) in [5, 5.41) is 0. The van der Waals surface area contributed by atoms with Crippen LogP contribution in [0.15, 0.2) is 12.2 Å². The molecular formula is C33H67NO7P+. The van der Waals surface area contributed by atoms with E-state index in [1.807, 2.05) is 21.1 Å². The molecule has 0 amide bonds. The van der Waals surface area contributed by atoms with E-state index in [-0.39, 0.29) is 25.8 Å². The summed E-state index contributed by atoms with van der Waals surface area (Å²) in [7, 11) is 1.66. The van der Waals surface area contributed by atoms with Crippen LogP contribution in [0.5, 0.6) is 0 Å². The molecule has 0 bridgehead atoms. The zero-order valence-electron chi connectivity index (χ0n) is 28.0. The van der Waals surface area contributed by atoms with E-state index in [0.717, 1.165) is 32.1 Å². The van der Waals surface area contributed by atoms with Gasteiger partial charge in [0.1, 0.15) is 19.3 Å². The van der Waals surface area contributed by atoms with Crippen molar-refractivity contribution in [1.29, 1.82) is 0 Å². The van der Waals surface area contributed by atoms with Crippen molar-refractivity contribution in [3.8, 4) is 0 Å². The van der Waals surface area contributed by atoms with Crippen LogP contribution in [0.25, 0.3) is 0 Å². The Morgan fingerprint density at radius 3 is 1.81 bits per heavy atom. The number of rotatable bonds is 31. The lowest BCUT2D eigenvalue weighted by Gasteiger charge is -2.24. The third kappa shape index (κ3) is 30.7. The molecule has 0 saturated carbocycles. The van der Waals surface area contributed by atoms with Crippen LogP contribution in [-0.2, 0) is 27.9 Å². The van der Waals surface area contributed by atoms with E-state index in [9.17, 15) is 14.3 Å². The third-order valence-corrected chi connectivity index (χ3v) is 8.06. The molecule has 0 fully saturated rings. The Kier molecular flexibility index (Phi) is 27.3. The lowest BCUT2D eigenvalue weighted by atomic mass is 10.1. The third-order valence-electron chi connectivity index (χ3n) is 7.08. The molecule has 0 rings (SSSR count). The number of carbonyl (C=O) groups is 1. The Morgan fingerprint density at radius 2 is 1.24 bits per heavy atom. The minimum Gasteiger partial charge on any atom is -0.457 e. The van der Waals surface area contributed by atoms with Crippen LogP contribution in [-0.4, -0.2) is 75.6 Å². The first-order chi connectivity index (χ1) is 20.1. The second-order valence-electron chi connectivity index (χ2n) is 12.5. The van der Waals surface area contributed by atoms with Gasteiger partial charge >= 0.3 is 13.8 Å². The molecule has 42 heavy (non-hydrogen) atoms. The van der Waals surface area contributed by atoms with E-state index in [2.05, 4.69) is 26.0 Å². The quantitative estimate of drug-likeness (QED) is 0.0272. The van der Waals surface area contributed by atoms with Crippen molar-refractivity contribution >= 4 is 13.8 Å². The molecule has 0 spiro atoms. The number of quaternary nitrogens is 1. The molecule has 0 aromatic rings. The van der Waals surface area contributed by atoms with E-state index in [1.54, 1.807) is 0 Å². The van der Waals surface area contributed by atoms with Gasteiger partial charge in [-0.2, -0.15) is 0 Å². The summed E-state index contributed by atoms with van der Waals surface area (Å²) in [5.74, 6) is -0.341. The Morgan fingerprint density at radius 1 is 0.714 bits per heavy atom. The summed E-state index contributed by atoms with van der Waals surface area (Å²) < 4.78 is 34.3. The molecule has 9 heteroatoms. The second kappa shape index (κ2) is 27.8. The molecule has 2 atom stereocenters. The van der Waals surface area contributed by atoms with E-state index >= 15 is 0 Å². The van der Waals surface area contributed by atoms with Gasteiger partial charge in [-0.25, -0.2) is 4.57 Å². The molecular weight excluding hydrogens is 553 g/mol. The number of ether oxygens (including phenoxy) is 2. The molecule has 1 N–H and O–H groups in total. The summed E-state index contributed by atoms with van der Waals surface area (Å²) in [5.41, 5.74) is 0. The minimum absolute atomic E-state index is 0.0886. The van der Waals surface area contributed by atoms with Crippen LogP contribution < -0.4 is 0 Å².